The Labute approximate surface area is 134 Å². The van der Waals surface area contributed by atoms with Crippen LogP contribution in [0.1, 0.15) is 26.7 Å². The van der Waals surface area contributed by atoms with Crippen molar-refractivity contribution in [1.29, 1.82) is 0 Å². The van der Waals surface area contributed by atoms with Crippen molar-refractivity contribution in [2.75, 3.05) is 12.8 Å². The summed E-state index contributed by atoms with van der Waals surface area (Å²) in [7, 11) is 3.85. The number of allylic oxidation sites excluding steroid dienone is 4. The second-order valence-corrected chi connectivity index (χ2v) is 5.93. The van der Waals surface area contributed by atoms with E-state index in [9.17, 15) is 0 Å². The molecule has 4 N–H and O–H groups in total. The molecule has 1 radical (unpaired) electrons. The van der Waals surface area contributed by atoms with Crippen molar-refractivity contribution in [3.8, 4) is 0 Å². The van der Waals surface area contributed by atoms with E-state index in [1.807, 2.05) is 24.3 Å². The Bertz CT molecular complexity index is 614. The number of methoxy groups -OCH3 is 1. The lowest BCUT2D eigenvalue weighted by atomic mass is 9.62. The lowest BCUT2D eigenvalue weighted by Gasteiger charge is -2.11. The van der Waals surface area contributed by atoms with Gasteiger partial charge in [0.1, 0.15) is 0 Å². The number of rotatable bonds is 5. The van der Waals surface area contributed by atoms with Crippen molar-refractivity contribution in [3.63, 3.8) is 0 Å². The van der Waals surface area contributed by atoms with Crippen LogP contribution < -0.4 is 16.9 Å². The van der Waals surface area contributed by atoms with E-state index >= 15 is 0 Å². The third kappa shape index (κ3) is 4.53. The molecule has 0 spiro atoms. The highest BCUT2D eigenvalue weighted by molar-refractivity contribution is 6.62. The monoisotopic (exact) mass is 295 g/mol. The van der Waals surface area contributed by atoms with Crippen LogP contribution in [0.25, 0.3) is 0 Å². The molecule has 0 saturated heterocycles. The van der Waals surface area contributed by atoms with E-state index in [1.165, 1.54) is 11.1 Å². The fourth-order valence-corrected chi connectivity index (χ4v) is 2.54. The molecule has 3 nitrogen and oxygen atoms in total. The highest BCUT2D eigenvalue weighted by atomic mass is 16.5. The van der Waals surface area contributed by atoms with E-state index in [-0.39, 0.29) is 6.10 Å². The minimum Gasteiger partial charge on any atom is -0.402 e. The van der Waals surface area contributed by atoms with Gasteiger partial charge in [-0.15, -0.1) is 0 Å². The quantitative estimate of drug-likeness (QED) is 0.648. The van der Waals surface area contributed by atoms with Crippen LogP contribution in [0.2, 0.25) is 0 Å². The average molecular weight is 295 g/mol. The summed E-state index contributed by atoms with van der Waals surface area (Å²) in [6.07, 6.45) is 6.24. The summed E-state index contributed by atoms with van der Waals surface area (Å²) < 4.78 is 5.38. The molecule has 0 heterocycles. The SMILES string of the molecule is COC(C)CC1=CC([B]c2ccc(N)cc2)=C(N)CC(C)=C1. The Hall–Kier alpha value is -1.94. The van der Waals surface area contributed by atoms with Gasteiger partial charge in [0.15, 0.2) is 7.28 Å². The molecule has 1 aliphatic carbocycles. The molecule has 22 heavy (non-hydrogen) atoms. The van der Waals surface area contributed by atoms with Gasteiger partial charge in [0.2, 0.25) is 0 Å². The van der Waals surface area contributed by atoms with E-state index in [4.69, 9.17) is 16.2 Å². The Morgan fingerprint density at radius 2 is 1.86 bits per heavy atom. The van der Waals surface area contributed by atoms with Crippen LogP contribution in [0, 0.1) is 0 Å². The largest absolute Gasteiger partial charge is 0.402 e. The third-order valence-electron chi connectivity index (χ3n) is 3.80. The van der Waals surface area contributed by atoms with Crippen LogP contribution in [0.4, 0.5) is 5.69 Å². The number of nitrogens with two attached hydrogens (primary N) is 2. The zero-order valence-electron chi connectivity index (χ0n) is 13.6. The van der Waals surface area contributed by atoms with Crippen molar-refractivity contribution in [3.05, 3.63) is 58.7 Å². The number of benzene rings is 1. The molecular weight excluding hydrogens is 271 g/mol. The Kier molecular flexibility index (Phi) is 5.50. The van der Waals surface area contributed by atoms with Crippen molar-refractivity contribution >= 4 is 18.4 Å². The maximum atomic E-state index is 6.28. The smallest absolute Gasteiger partial charge is 0.193 e. The molecule has 1 aromatic carbocycles. The topological polar surface area (TPSA) is 61.3 Å². The summed E-state index contributed by atoms with van der Waals surface area (Å²) in [5.74, 6) is 0. The molecule has 2 rings (SSSR count). The Morgan fingerprint density at radius 3 is 2.50 bits per heavy atom. The van der Waals surface area contributed by atoms with Crippen molar-refractivity contribution in [2.24, 2.45) is 5.73 Å². The predicted octanol–water partition coefficient (Wildman–Crippen LogP) is 2.47. The number of hydrogen-bond donors (Lipinski definition) is 2. The molecule has 1 aromatic rings. The molecule has 0 amide bonds. The highest BCUT2D eigenvalue weighted by Crippen LogP contribution is 2.22. The molecule has 1 aliphatic rings. The summed E-state index contributed by atoms with van der Waals surface area (Å²) in [5, 5.41) is 0. The highest BCUT2D eigenvalue weighted by Gasteiger charge is 2.12. The number of nitrogen functional groups attached to an aromatic ring is 1. The summed E-state index contributed by atoms with van der Waals surface area (Å²) in [6.45, 7) is 4.19. The Balaban J connectivity index is 2.25. The molecule has 0 fully saturated rings. The molecule has 0 aromatic heterocycles. The lowest BCUT2D eigenvalue weighted by molar-refractivity contribution is 0.119. The van der Waals surface area contributed by atoms with Crippen molar-refractivity contribution < 1.29 is 4.74 Å². The third-order valence-corrected chi connectivity index (χ3v) is 3.80. The zero-order valence-corrected chi connectivity index (χ0v) is 13.6. The lowest BCUT2D eigenvalue weighted by Crippen LogP contribution is -2.19. The van der Waals surface area contributed by atoms with E-state index in [0.29, 0.717) is 0 Å². The van der Waals surface area contributed by atoms with Crippen molar-refractivity contribution in [2.45, 2.75) is 32.8 Å². The number of anilines is 1. The van der Waals surface area contributed by atoms with Crippen LogP contribution in [-0.2, 0) is 4.74 Å². The summed E-state index contributed by atoms with van der Waals surface area (Å²) >= 11 is 0. The van der Waals surface area contributed by atoms with Gasteiger partial charge in [-0.05, 0) is 38.0 Å². The maximum absolute atomic E-state index is 6.28. The summed E-state index contributed by atoms with van der Waals surface area (Å²) in [6, 6.07) is 7.82. The molecule has 0 aliphatic heterocycles. The second kappa shape index (κ2) is 7.36. The summed E-state index contributed by atoms with van der Waals surface area (Å²) in [4.78, 5) is 0. The Morgan fingerprint density at radius 1 is 1.18 bits per heavy atom. The van der Waals surface area contributed by atoms with Crippen LogP contribution >= 0.6 is 0 Å². The molecule has 0 bridgehead atoms. The van der Waals surface area contributed by atoms with Gasteiger partial charge in [0, 0.05) is 24.9 Å². The first-order chi connectivity index (χ1) is 10.5. The molecule has 1 atom stereocenters. The molecule has 1 unspecified atom stereocenters. The number of ether oxygens (including phenoxy) is 1. The first kappa shape index (κ1) is 16.4. The molecular formula is C18H24BN2O. The zero-order chi connectivity index (χ0) is 16.1. The minimum absolute atomic E-state index is 0.187. The first-order valence-electron chi connectivity index (χ1n) is 7.57. The fraction of sp³-hybridized carbons (Fsp3) is 0.333. The molecule has 0 saturated carbocycles. The van der Waals surface area contributed by atoms with Crippen LogP contribution in [0.15, 0.2) is 58.7 Å². The minimum atomic E-state index is 0.187. The van der Waals surface area contributed by atoms with Gasteiger partial charge in [-0.3, -0.25) is 0 Å². The van der Waals surface area contributed by atoms with Gasteiger partial charge < -0.3 is 16.2 Å². The van der Waals surface area contributed by atoms with Gasteiger partial charge in [-0.2, -0.15) is 0 Å². The van der Waals surface area contributed by atoms with Gasteiger partial charge >= 0.3 is 0 Å². The average Bonchev–Trinajstić information content (AvgIpc) is 2.60. The van der Waals surface area contributed by atoms with Gasteiger partial charge in [0.25, 0.3) is 0 Å². The normalized spacial score (nSPS) is 16.7. The maximum Gasteiger partial charge on any atom is 0.193 e. The van der Waals surface area contributed by atoms with Gasteiger partial charge in [0.05, 0.1) is 6.10 Å². The van der Waals surface area contributed by atoms with E-state index in [0.717, 1.165) is 35.2 Å². The van der Waals surface area contributed by atoms with E-state index < -0.39 is 0 Å². The van der Waals surface area contributed by atoms with E-state index in [1.54, 1.807) is 7.11 Å². The van der Waals surface area contributed by atoms with E-state index in [2.05, 4.69) is 33.3 Å². The second-order valence-electron chi connectivity index (χ2n) is 5.93. The van der Waals surface area contributed by atoms with Crippen molar-refractivity contribution in [1.82, 2.24) is 0 Å². The predicted molar refractivity (Wildman–Crippen MR) is 95.0 cm³/mol. The standard InChI is InChI=1S/C18H24BN2O/c1-12-8-14(10-13(2)22-3)11-17(18(21)9-12)19-15-4-6-16(20)7-5-15/h4-8,11,13H,9-10,20-21H2,1-3H3. The van der Waals surface area contributed by atoms with Gasteiger partial charge in [-0.1, -0.05) is 40.8 Å². The molecule has 115 valence electrons. The first-order valence-corrected chi connectivity index (χ1v) is 7.57. The molecule has 4 heteroatoms. The fourth-order valence-electron chi connectivity index (χ4n) is 2.54. The van der Waals surface area contributed by atoms with Crippen LogP contribution in [-0.4, -0.2) is 20.5 Å². The van der Waals surface area contributed by atoms with Crippen LogP contribution in [0.5, 0.6) is 0 Å². The van der Waals surface area contributed by atoms with Gasteiger partial charge in [-0.25, -0.2) is 0 Å². The number of hydrogen-bond acceptors (Lipinski definition) is 3. The summed E-state index contributed by atoms with van der Waals surface area (Å²) in [5.41, 5.74) is 18.4. The van der Waals surface area contributed by atoms with Crippen LogP contribution in [0.3, 0.4) is 0 Å².